The summed E-state index contributed by atoms with van der Waals surface area (Å²) in [6, 6.07) is 8.32. The van der Waals surface area contributed by atoms with Crippen LogP contribution in [-0.2, 0) is 16.6 Å². The number of primary sulfonamides is 1. The van der Waals surface area contributed by atoms with Crippen molar-refractivity contribution in [1.29, 1.82) is 0 Å². The highest BCUT2D eigenvalue weighted by atomic mass is 32.2. The fourth-order valence-corrected chi connectivity index (χ4v) is 2.27. The number of sulfonamides is 1. The minimum Gasteiger partial charge on any atom is -0.398 e. The van der Waals surface area contributed by atoms with Crippen molar-refractivity contribution in [1.82, 2.24) is 4.98 Å². The van der Waals surface area contributed by atoms with E-state index in [0.29, 0.717) is 12.2 Å². The van der Waals surface area contributed by atoms with Crippen LogP contribution in [0, 0.1) is 0 Å². The summed E-state index contributed by atoms with van der Waals surface area (Å²) in [4.78, 5) is 3.93. The lowest BCUT2D eigenvalue weighted by Gasteiger charge is -2.09. The molecule has 6 nitrogen and oxygen atoms in total. The highest BCUT2D eigenvalue weighted by Gasteiger charge is 2.12. The fraction of sp³-hybridized carbons (Fsp3) is 0.0833. The normalized spacial score (nSPS) is 11.2. The summed E-state index contributed by atoms with van der Waals surface area (Å²) < 4.78 is 22.4. The van der Waals surface area contributed by atoms with Crippen LogP contribution in [0.4, 0.5) is 11.4 Å². The molecule has 0 spiro atoms. The second-order valence-electron chi connectivity index (χ2n) is 4.01. The average Bonchev–Trinajstić information content (AvgIpc) is 2.36. The summed E-state index contributed by atoms with van der Waals surface area (Å²) in [5.41, 5.74) is 7.52. The summed E-state index contributed by atoms with van der Waals surface area (Å²) in [7, 11) is -3.78. The molecule has 19 heavy (non-hydrogen) atoms. The molecule has 2 aromatic rings. The number of hydrogen-bond acceptors (Lipinski definition) is 5. The van der Waals surface area contributed by atoms with Gasteiger partial charge in [0.05, 0.1) is 5.69 Å². The monoisotopic (exact) mass is 278 g/mol. The fourth-order valence-electron chi connectivity index (χ4n) is 1.62. The van der Waals surface area contributed by atoms with Crippen LogP contribution in [0.3, 0.4) is 0 Å². The van der Waals surface area contributed by atoms with Crippen LogP contribution in [0.1, 0.15) is 5.56 Å². The van der Waals surface area contributed by atoms with E-state index in [1.807, 2.05) is 12.1 Å². The van der Waals surface area contributed by atoms with Gasteiger partial charge in [-0.3, -0.25) is 4.98 Å². The summed E-state index contributed by atoms with van der Waals surface area (Å²) >= 11 is 0. The van der Waals surface area contributed by atoms with Gasteiger partial charge in [0.2, 0.25) is 10.0 Å². The number of anilines is 2. The first-order chi connectivity index (χ1) is 8.97. The summed E-state index contributed by atoms with van der Waals surface area (Å²) in [5, 5.41) is 8.16. The Hall–Kier alpha value is -2.12. The third-order valence-corrected chi connectivity index (χ3v) is 3.52. The molecule has 2 rings (SSSR count). The highest BCUT2D eigenvalue weighted by Crippen LogP contribution is 2.21. The van der Waals surface area contributed by atoms with Crippen molar-refractivity contribution >= 4 is 21.4 Å². The van der Waals surface area contributed by atoms with Gasteiger partial charge in [0, 0.05) is 24.6 Å². The number of benzene rings is 1. The van der Waals surface area contributed by atoms with Crippen molar-refractivity contribution in [3.8, 4) is 0 Å². The molecule has 0 bridgehead atoms. The van der Waals surface area contributed by atoms with Gasteiger partial charge < -0.3 is 11.1 Å². The Balaban J connectivity index is 2.13. The van der Waals surface area contributed by atoms with Crippen molar-refractivity contribution in [3.63, 3.8) is 0 Å². The Morgan fingerprint density at radius 1 is 1.26 bits per heavy atom. The van der Waals surface area contributed by atoms with Gasteiger partial charge in [-0.05, 0) is 29.8 Å². The molecule has 0 unspecified atom stereocenters. The zero-order chi connectivity index (χ0) is 13.9. The molecule has 0 saturated carbocycles. The summed E-state index contributed by atoms with van der Waals surface area (Å²) in [5.74, 6) is 0. The van der Waals surface area contributed by atoms with Gasteiger partial charge in [-0.25, -0.2) is 13.6 Å². The number of nitrogens with zero attached hydrogens (tertiary/aromatic N) is 1. The van der Waals surface area contributed by atoms with Crippen LogP contribution >= 0.6 is 0 Å². The van der Waals surface area contributed by atoms with E-state index in [9.17, 15) is 8.42 Å². The molecule has 7 heteroatoms. The zero-order valence-electron chi connectivity index (χ0n) is 10.1. The molecule has 1 heterocycles. The highest BCUT2D eigenvalue weighted by molar-refractivity contribution is 7.89. The lowest BCUT2D eigenvalue weighted by molar-refractivity contribution is 0.598. The minimum absolute atomic E-state index is 0.0700. The number of nitrogens with two attached hydrogens (primary N) is 2. The summed E-state index contributed by atoms with van der Waals surface area (Å²) in [6.45, 7) is 0.571. The van der Waals surface area contributed by atoms with Gasteiger partial charge in [-0.1, -0.05) is 6.07 Å². The van der Waals surface area contributed by atoms with E-state index in [2.05, 4.69) is 10.3 Å². The van der Waals surface area contributed by atoms with Crippen molar-refractivity contribution in [2.45, 2.75) is 11.4 Å². The van der Waals surface area contributed by atoms with Crippen LogP contribution < -0.4 is 16.2 Å². The molecule has 0 amide bonds. The third-order valence-electron chi connectivity index (χ3n) is 2.54. The molecule has 0 aliphatic heterocycles. The largest absolute Gasteiger partial charge is 0.398 e. The number of nitrogen functional groups attached to an aromatic ring is 1. The zero-order valence-corrected chi connectivity index (χ0v) is 10.9. The predicted molar refractivity (Wildman–Crippen MR) is 73.8 cm³/mol. The lowest BCUT2D eigenvalue weighted by Crippen LogP contribution is -2.14. The first kappa shape index (κ1) is 13.3. The Kier molecular flexibility index (Phi) is 3.68. The predicted octanol–water partition coefficient (Wildman–Crippen LogP) is 0.923. The maximum atomic E-state index is 11.2. The van der Waals surface area contributed by atoms with Gasteiger partial charge in [-0.15, -0.1) is 0 Å². The minimum atomic E-state index is -3.78. The molecule has 0 radical (unpaired) electrons. The molecule has 0 saturated heterocycles. The van der Waals surface area contributed by atoms with Crippen LogP contribution in [0.15, 0.2) is 47.6 Å². The molecule has 0 aliphatic rings. The molecule has 0 fully saturated rings. The number of pyridine rings is 1. The maximum absolute atomic E-state index is 11.2. The van der Waals surface area contributed by atoms with Crippen LogP contribution in [0.25, 0.3) is 0 Å². The van der Waals surface area contributed by atoms with Crippen molar-refractivity contribution < 1.29 is 8.42 Å². The second kappa shape index (κ2) is 5.25. The maximum Gasteiger partial charge on any atom is 0.240 e. The molecule has 1 aromatic heterocycles. The smallest absolute Gasteiger partial charge is 0.240 e. The molecule has 100 valence electrons. The molecule has 5 N–H and O–H groups in total. The van der Waals surface area contributed by atoms with Crippen molar-refractivity contribution in [2.75, 3.05) is 11.1 Å². The number of rotatable bonds is 4. The van der Waals surface area contributed by atoms with Gasteiger partial charge in [0.15, 0.2) is 0 Å². The van der Waals surface area contributed by atoms with Gasteiger partial charge in [0.25, 0.3) is 0 Å². The van der Waals surface area contributed by atoms with E-state index in [1.165, 1.54) is 12.1 Å². The van der Waals surface area contributed by atoms with E-state index < -0.39 is 10.0 Å². The van der Waals surface area contributed by atoms with E-state index in [4.69, 9.17) is 10.9 Å². The van der Waals surface area contributed by atoms with Crippen molar-refractivity contribution in [3.05, 3.63) is 48.3 Å². The Labute approximate surface area is 111 Å². The first-order valence-electron chi connectivity index (χ1n) is 5.52. The van der Waals surface area contributed by atoms with Crippen LogP contribution in [-0.4, -0.2) is 13.4 Å². The molecule has 0 atom stereocenters. The van der Waals surface area contributed by atoms with Crippen LogP contribution in [0.5, 0.6) is 0 Å². The molecular weight excluding hydrogens is 264 g/mol. The van der Waals surface area contributed by atoms with Crippen molar-refractivity contribution in [2.24, 2.45) is 5.14 Å². The number of nitrogens with one attached hydrogen (secondary N) is 1. The average molecular weight is 278 g/mol. The molecule has 0 aliphatic carbocycles. The first-order valence-corrected chi connectivity index (χ1v) is 7.06. The summed E-state index contributed by atoms with van der Waals surface area (Å²) in [6.07, 6.45) is 3.44. The second-order valence-corrected chi connectivity index (χ2v) is 5.54. The lowest BCUT2D eigenvalue weighted by atomic mass is 10.2. The number of aromatic nitrogens is 1. The van der Waals surface area contributed by atoms with Gasteiger partial charge >= 0.3 is 0 Å². The van der Waals surface area contributed by atoms with Gasteiger partial charge in [0.1, 0.15) is 4.90 Å². The van der Waals surface area contributed by atoms with E-state index in [-0.39, 0.29) is 10.6 Å². The van der Waals surface area contributed by atoms with Crippen LogP contribution in [0.2, 0.25) is 0 Å². The number of hydrogen-bond donors (Lipinski definition) is 3. The van der Waals surface area contributed by atoms with Gasteiger partial charge in [-0.2, -0.15) is 0 Å². The van der Waals surface area contributed by atoms with E-state index in [0.717, 1.165) is 5.56 Å². The Bertz CT molecular complexity index is 671. The Morgan fingerprint density at radius 3 is 2.63 bits per heavy atom. The third kappa shape index (κ3) is 3.43. The quantitative estimate of drug-likeness (QED) is 0.720. The Morgan fingerprint density at radius 2 is 2.05 bits per heavy atom. The standard InChI is InChI=1S/C12H14N4O2S/c13-11-6-10(3-4-12(11)19(14,17)18)16-8-9-2-1-5-15-7-9/h1-7,16H,8,13H2,(H2,14,17,18). The van der Waals surface area contributed by atoms with E-state index >= 15 is 0 Å². The van der Waals surface area contributed by atoms with E-state index in [1.54, 1.807) is 18.5 Å². The topological polar surface area (TPSA) is 111 Å². The SMILES string of the molecule is Nc1cc(NCc2cccnc2)ccc1S(N)(=O)=O. The molecule has 1 aromatic carbocycles. The molecular formula is C12H14N4O2S.